The van der Waals surface area contributed by atoms with Gasteiger partial charge < -0.3 is 31.3 Å². The molecule has 0 radical (unpaired) electrons. The Bertz CT molecular complexity index is 405. The van der Waals surface area contributed by atoms with Crippen molar-refractivity contribution in [3.63, 3.8) is 0 Å². The minimum atomic E-state index is -2.19. The van der Waals surface area contributed by atoms with E-state index >= 15 is 0 Å². The van der Waals surface area contributed by atoms with Crippen LogP contribution in [0.15, 0.2) is 0 Å². The standard InChI is InChI=1S/2C16H35N.C2H2O4/c2*1-2-3-4-5-6-7-8-9-10-11-12-13-14-15-16-17;3-1(4)2(5)6/h2*2-17H2,1H3;(H,3,4)(H,5,6). The van der Waals surface area contributed by atoms with Crippen LogP contribution in [0.25, 0.3) is 0 Å². The third kappa shape index (κ3) is 49.8. The van der Waals surface area contributed by atoms with Gasteiger partial charge in [0, 0.05) is 0 Å². The first-order chi connectivity index (χ1) is 19.5. The summed E-state index contributed by atoms with van der Waals surface area (Å²) in [5.74, 6) is -4.37. The third-order valence-corrected chi connectivity index (χ3v) is 7.37. The molecule has 0 heterocycles. The number of quaternary nitrogens is 2. The summed E-state index contributed by atoms with van der Waals surface area (Å²) in [6, 6.07) is 0. The van der Waals surface area contributed by atoms with Gasteiger partial charge in [0.2, 0.25) is 0 Å². The van der Waals surface area contributed by atoms with Gasteiger partial charge in [-0.1, -0.05) is 168 Å². The maximum Gasteiger partial charge on any atom is 0.0870 e. The molecule has 0 aliphatic rings. The molecule has 0 amide bonds. The molecular weight excluding hydrogens is 500 g/mol. The van der Waals surface area contributed by atoms with E-state index in [9.17, 15) is 0 Å². The molecule has 0 aromatic heterocycles. The number of hydrogen-bond donors (Lipinski definition) is 2. The largest absolute Gasteiger partial charge is 0.543 e. The topological polar surface area (TPSA) is 136 Å². The van der Waals surface area contributed by atoms with Crippen molar-refractivity contribution in [3.8, 4) is 0 Å². The Morgan fingerprint density at radius 1 is 0.350 bits per heavy atom. The van der Waals surface area contributed by atoms with Crippen molar-refractivity contribution >= 4 is 11.9 Å². The van der Waals surface area contributed by atoms with Gasteiger partial charge in [0.1, 0.15) is 0 Å². The molecule has 0 fully saturated rings. The van der Waals surface area contributed by atoms with Gasteiger partial charge in [0.25, 0.3) is 0 Å². The van der Waals surface area contributed by atoms with Crippen molar-refractivity contribution in [3.05, 3.63) is 0 Å². The van der Waals surface area contributed by atoms with Gasteiger partial charge in [-0.3, -0.25) is 0 Å². The monoisotopic (exact) mass is 573 g/mol. The molecule has 0 rings (SSSR count). The fraction of sp³-hybridized carbons (Fsp3) is 0.941. The van der Waals surface area contributed by atoms with E-state index in [1.165, 1.54) is 180 Å². The molecule has 0 aliphatic heterocycles. The van der Waals surface area contributed by atoms with Gasteiger partial charge in [-0.15, -0.1) is 0 Å². The van der Waals surface area contributed by atoms with E-state index in [0.717, 1.165) is 13.1 Å². The van der Waals surface area contributed by atoms with E-state index in [0.29, 0.717) is 0 Å². The normalized spacial score (nSPS) is 10.4. The second kappa shape index (κ2) is 42.3. The van der Waals surface area contributed by atoms with Crippen molar-refractivity contribution < 1.29 is 31.3 Å². The molecule has 6 heteroatoms. The predicted molar refractivity (Wildman–Crippen MR) is 166 cm³/mol. The first kappa shape index (κ1) is 43.3. The number of unbranched alkanes of at least 4 members (excludes halogenated alkanes) is 26. The Labute approximate surface area is 249 Å². The van der Waals surface area contributed by atoms with Crippen LogP contribution in [-0.4, -0.2) is 25.0 Å². The number of aliphatic carboxylic acids is 2. The zero-order valence-corrected chi connectivity index (χ0v) is 27.3. The highest BCUT2D eigenvalue weighted by Gasteiger charge is 1.95. The number of carbonyl (C=O) groups is 2. The lowest BCUT2D eigenvalue weighted by atomic mass is 10.0. The highest BCUT2D eigenvalue weighted by Crippen LogP contribution is 2.13. The molecule has 0 spiro atoms. The van der Waals surface area contributed by atoms with E-state index < -0.39 is 11.9 Å². The van der Waals surface area contributed by atoms with Crippen LogP contribution in [0.3, 0.4) is 0 Å². The van der Waals surface area contributed by atoms with Gasteiger partial charge >= 0.3 is 0 Å². The number of carboxylic acid groups (broad SMARTS) is 2. The molecule has 242 valence electrons. The summed E-state index contributed by atoms with van der Waals surface area (Å²) in [4.78, 5) is 17.9. The number of hydrogen-bond acceptors (Lipinski definition) is 4. The molecule has 0 saturated carbocycles. The quantitative estimate of drug-likeness (QED) is 0.0890. The van der Waals surface area contributed by atoms with Gasteiger partial charge in [-0.05, 0) is 25.7 Å². The van der Waals surface area contributed by atoms with Crippen LogP contribution in [-0.2, 0) is 9.59 Å². The Morgan fingerprint density at radius 2 is 0.500 bits per heavy atom. The fourth-order valence-corrected chi connectivity index (χ4v) is 4.74. The van der Waals surface area contributed by atoms with Gasteiger partial charge in [0.05, 0.1) is 25.0 Å². The van der Waals surface area contributed by atoms with E-state index in [-0.39, 0.29) is 0 Å². The zero-order valence-electron chi connectivity index (χ0n) is 27.3. The Morgan fingerprint density at radius 3 is 0.625 bits per heavy atom. The Hall–Kier alpha value is -1.14. The summed E-state index contributed by atoms with van der Waals surface area (Å²) in [6.45, 7) is 6.82. The van der Waals surface area contributed by atoms with Gasteiger partial charge in [-0.2, -0.15) is 0 Å². The molecule has 0 unspecified atom stereocenters. The highest BCUT2D eigenvalue weighted by atomic mass is 16.4. The zero-order chi connectivity index (χ0) is 30.4. The summed E-state index contributed by atoms with van der Waals surface area (Å²) < 4.78 is 0. The average Bonchev–Trinajstić information content (AvgIpc) is 2.94. The average molecular weight is 573 g/mol. The smallest absolute Gasteiger partial charge is 0.0870 e. The molecule has 0 atom stereocenters. The maximum atomic E-state index is 8.93. The first-order valence-corrected chi connectivity index (χ1v) is 17.5. The van der Waals surface area contributed by atoms with Crippen LogP contribution in [0.5, 0.6) is 0 Å². The van der Waals surface area contributed by atoms with E-state index in [2.05, 4.69) is 25.3 Å². The van der Waals surface area contributed by atoms with Crippen LogP contribution in [0.2, 0.25) is 0 Å². The lowest BCUT2D eigenvalue weighted by molar-refractivity contribution is -0.368. The summed E-state index contributed by atoms with van der Waals surface area (Å²) in [7, 11) is 0. The predicted octanol–water partition coefficient (Wildman–Crippen LogP) is 5.91. The van der Waals surface area contributed by atoms with Crippen molar-refractivity contribution in [2.45, 2.75) is 194 Å². The molecule has 0 aromatic carbocycles. The lowest BCUT2D eigenvalue weighted by Crippen LogP contribution is -2.50. The summed E-state index contributed by atoms with van der Waals surface area (Å²) >= 11 is 0. The minimum Gasteiger partial charge on any atom is -0.543 e. The first-order valence-electron chi connectivity index (χ1n) is 17.5. The molecule has 0 aromatic rings. The second-order valence-electron chi connectivity index (χ2n) is 11.5. The highest BCUT2D eigenvalue weighted by molar-refractivity contribution is 6.25. The summed E-state index contributed by atoms with van der Waals surface area (Å²) in [5, 5.41) is 17.9. The summed E-state index contributed by atoms with van der Waals surface area (Å²) in [6.07, 6.45) is 40.4. The minimum absolute atomic E-state index is 1.12. The van der Waals surface area contributed by atoms with Crippen LogP contribution in [0, 0.1) is 0 Å². The van der Waals surface area contributed by atoms with E-state index in [4.69, 9.17) is 19.8 Å². The van der Waals surface area contributed by atoms with E-state index in [1.807, 2.05) is 0 Å². The molecule has 0 aliphatic carbocycles. The number of carbonyl (C=O) groups excluding carboxylic acids is 2. The van der Waals surface area contributed by atoms with Crippen molar-refractivity contribution in [2.24, 2.45) is 0 Å². The van der Waals surface area contributed by atoms with E-state index in [1.54, 1.807) is 0 Å². The second-order valence-corrected chi connectivity index (χ2v) is 11.5. The van der Waals surface area contributed by atoms with Crippen LogP contribution in [0.4, 0.5) is 0 Å². The molecule has 0 saturated heterocycles. The van der Waals surface area contributed by atoms with Crippen molar-refractivity contribution in [1.29, 1.82) is 0 Å². The molecule has 40 heavy (non-hydrogen) atoms. The molecule has 6 N–H and O–H groups in total. The van der Waals surface area contributed by atoms with Gasteiger partial charge in [0.15, 0.2) is 0 Å². The van der Waals surface area contributed by atoms with Crippen molar-refractivity contribution in [2.75, 3.05) is 13.1 Å². The van der Waals surface area contributed by atoms with Gasteiger partial charge in [-0.25, -0.2) is 0 Å². The van der Waals surface area contributed by atoms with Crippen LogP contribution in [0.1, 0.15) is 194 Å². The summed E-state index contributed by atoms with van der Waals surface area (Å²) in [5.41, 5.74) is 7.76. The van der Waals surface area contributed by atoms with Crippen LogP contribution < -0.4 is 21.7 Å². The third-order valence-electron chi connectivity index (χ3n) is 7.37. The number of rotatable bonds is 28. The lowest BCUT2D eigenvalue weighted by Gasteiger charge is -2.02. The Kier molecular flexibility index (Phi) is 45.8. The molecular formula is C34H72N2O4. The molecule has 6 nitrogen and oxygen atoms in total. The molecule has 0 bridgehead atoms. The maximum absolute atomic E-state index is 8.93. The fourth-order valence-electron chi connectivity index (χ4n) is 4.74. The SMILES string of the molecule is CCCCCCCCCCCCCCCC[NH3+].CCCCCCCCCCCCCCCC[NH3+].O=C([O-])C(=O)[O-]. The Balaban J connectivity index is -0.000000569. The van der Waals surface area contributed by atoms with Crippen molar-refractivity contribution in [1.82, 2.24) is 0 Å². The van der Waals surface area contributed by atoms with Crippen LogP contribution >= 0.6 is 0 Å². The number of carboxylic acids is 2.